The van der Waals surface area contributed by atoms with E-state index in [2.05, 4.69) is 24.9 Å². The van der Waals surface area contributed by atoms with Gasteiger partial charge in [-0.25, -0.2) is 0 Å². The number of nitriles is 1. The number of nitrogens with zero attached hydrogens (tertiary/aromatic N) is 3. The van der Waals surface area contributed by atoms with Gasteiger partial charge in [-0.05, 0) is 24.0 Å². The van der Waals surface area contributed by atoms with E-state index in [4.69, 9.17) is 11.0 Å². The zero-order valence-electron chi connectivity index (χ0n) is 12.8. The first-order valence-corrected chi connectivity index (χ1v) is 7.33. The molecular weight excluding hydrogens is 264 g/mol. The maximum absolute atomic E-state index is 12.6. The molecule has 5 heteroatoms. The van der Waals surface area contributed by atoms with Gasteiger partial charge < -0.3 is 10.6 Å². The average Bonchev–Trinajstić information content (AvgIpc) is 2.49. The highest BCUT2D eigenvalue weighted by Gasteiger charge is 2.24. The highest BCUT2D eigenvalue weighted by atomic mass is 16.2. The van der Waals surface area contributed by atoms with E-state index in [0.717, 1.165) is 12.0 Å². The van der Waals surface area contributed by atoms with Crippen LogP contribution in [0.25, 0.3) is 0 Å². The first kappa shape index (κ1) is 17.1. The summed E-state index contributed by atoms with van der Waals surface area (Å²) in [6.07, 6.45) is 4.54. The normalized spacial score (nSPS) is 12.0. The van der Waals surface area contributed by atoms with Gasteiger partial charge in [-0.2, -0.15) is 5.26 Å². The van der Waals surface area contributed by atoms with Crippen molar-refractivity contribution in [3.05, 3.63) is 30.1 Å². The Balaban J connectivity index is 2.80. The van der Waals surface area contributed by atoms with Gasteiger partial charge in [-0.15, -0.1) is 0 Å². The Kier molecular flexibility index (Phi) is 7.41. The number of nitrogens with two attached hydrogens (primary N) is 1. The van der Waals surface area contributed by atoms with Gasteiger partial charge in [0.05, 0.1) is 18.4 Å². The van der Waals surface area contributed by atoms with Gasteiger partial charge in [0.25, 0.3) is 0 Å². The summed E-state index contributed by atoms with van der Waals surface area (Å²) in [7, 11) is 0. The van der Waals surface area contributed by atoms with Crippen LogP contribution in [0.3, 0.4) is 0 Å². The highest BCUT2D eigenvalue weighted by Crippen LogP contribution is 2.16. The van der Waals surface area contributed by atoms with E-state index in [0.29, 0.717) is 32.0 Å². The summed E-state index contributed by atoms with van der Waals surface area (Å²) in [6.45, 7) is 5.40. The zero-order valence-corrected chi connectivity index (χ0v) is 12.8. The fraction of sp³-hybridized carbons (Fsp3) is 0.562. The van der Waals surface area contributed by atoms with Crippen LogP contribution in [-0.2, 0) is 11.3 Å². The summed E-state index contributed by atoms with van der Waals surface area (Å²) < 4.78 is 0. The summed E-state index contributed by atoms with van der Waals surface area (Å²) in [5.41, 5.74) is 6.72. The SMILES string of the molecule is CC(C)CC(CN)C(=O)N(CCC#N)Cc1cccnc1. The van der Waals surface area contributed by atoms with Crippen LogP contribution < -0.4 is 5.73 Å². The second-order valence-electron chi connectivity index (χ2n) is 5.59. The van der Waals surface area contributed by atoms with Gasteiger partial charge in [0, 0.05) is 32.0 Å². The quantitative estimate of drug-likeness (QED) is 0.792. The Hall–Kier alpha value is -1.93. The molecule has 0 spiro atoms. The van der Waals surface area contributed by atoms with Crippen LogP contribution in [0.1, 0.15) is 32.3 Å². The van der Waals surface area contributed by atoms with E-state index < -0.39 is 0 Å². The van der Waals surface area contributed by atoms with Crippen LogP contribution in [0, 0.1) is 23.2 Å². The fourth-order valence-corrected chi connectivity index (χ4v) is 2.29. The van der Waals surface area contributed by atoms with E-state index in [1.54, 1.807) is 17.3 Å². The summed E-state index contributed by atoms with van der Waals surface area (Å²) in [6, 6.07) is 5.87. The van der Waals surface area contributed by atoms with Crippen LogP contribution in [0.5, 0.6) is 0 Å². The molecule has 1 amide bonds. The number of hydrogen-bond acceptors (Lipinski definition) is 4. The zero-order chi connectivity index (χ0) is 15.7. The molecule has 1 rings (SSSR count). The lowest BCUT2D eigenvalue weighted by Gasteiger charge is -2.27. The van der Waals surface area contributed by atoms with Crippen LogP contribution in [0.2, 0.25) is 0 Å². The van der Waals surface area contributed by atoms with Gasteiger partial charge in [0.2, 0.25) is 5.91 Å². The number of aromatic nitrogens is 1. The summed E-state index contributed by atoms with van der Waals surface area (Å²) >= 11 is 0. The molecule has 2 N–H and O–H groups in total. The van der Waals surface area contributed by atoms with Gasteiger partial charge in [-0.3, -0.25) is 9.78 Å². The van der Waals surface area contributed by atoms with Crippen molar-refractivity contribution in [3.8, 4) is 6.07 Å². The largest absolute Gasteiger partial charge is 0.337 e. The number of amides is 1. The molecule has 0 saturated carbocycles. The van der Waals surface area contributed by atoms with Crippen LogP contribution in [-0.4, -0.2) is 28.9 Å². The van der Waals surface area contributed by atoms with Crippen molar-refractivity contribution in [2.24, 2.45) is 17.6 Å². The molecule has 0 radical (unpaired) electrons. The third-order valence-electron chi connectivity index (χ3n) is 3.29. The molecule has 1 aromatic heterocycles. The lowest BCUT2D eigenvalue weighted by atomic mass is 9.95. The van der Waals surface area contributed by atoms with Crippen molar-refractivity contribution >= 4 is 5.91 Å². The van der Waals surface area contributed by atoms with Crippen LogP contribution in [0.4, 0.5) is 0 Å². The van der Waals surface area contributed by atoms with Gasteiger partial charge in [0.1, 0.15) is 0 Å². The molecule has 0 aliphatic rings. The van der Waals surface area contributed by atoms with E-state index in [9.17, 15) is 4.79 Å². The third-order valence-corrected chi connectivity index (χ3v) is 3.29. The number of rotatable bonds is 8. The van der Waals surface area contributed by atoms with E-state index in [1.807, 2.05) is 12.1 Å². The van der Waals surface area contributed by atoms with Crippen LogP contribution >= 0.6 is 0 Å². The second kappa shape index (κ2) is 9.09. The van der Waals surface area contributed by atoms with E-state index in [-0.39, 0.29) is 11.8 Å². The first-order chi connectivity index (χ1) is 10.1. The van der Waals surface area contributed by atoms with Crippen LogP contribution in [0.15, 0.2) is 24.5 Å². The van der Waals surface area contributed by atoms with Crippen molar-refractivity contribution in [2.45, 2.75) is 33.2 Å². The molecule has 0 bridgehead atoms. The molecule has 0 aliphatic carbocycles. The van der Waals surface area contributed by atoms with Crippen molar-refractivity contribution in [3.63, 3.8) is 0 Å². The van der Waals surface area contributed by atoms with Crippen molar-refractivity contribution in [1.29, 1.82) is 5.26 Å². The molecule has 0 aromatic carbocycles. The molecule has 5 nitrogen and oxygen atoms in total. The van der Waals surface area contributed by atoms with Crippen molar-refractivity contribution in [1.82, 2.24) is 9.88 Å². The molecule has 114 valence electrons. The molecule has 1 atom stereocenters. The number of hydrogen-bond donors (Lipinski definition) is 1. The van der Waals surface area contributed by atoms with Gasteiger partial charge >= 0.3 is 0 Å². The van der Waals surface area contributed by atoms with E-state index >= 15 is 0 Å². The molecule has 0 saturated heterocycles. The van der Waals surface area contributed by atoms with Crippen molar-refractivity contribution in [2.75, 3.05) is 13.1 Å². The van der Waals surface area contributed by atoms with Gasteiger partial charge in [-0.1, -0.05) is 19.9 Å². The number of carbonyl (C=O) groups excluding carboxylic acids is 1. The Morgan fingerprint density at radius 1 is 1.52 bits per heavy atom. The lowest BCUT2D eigenvalue weighted by molar-refractivity contribution is -0.136. The first-order valence-electron chi connectivity index (χ1n) is 7.33. The Labute approximate surface area is 126 Å². The third kappa shape index (κ3) is 5.92. The van der Waals surface area contributed by atoms with Gasteiger partial charge in [0.15, 0.2) is 0 Å². The minimum atomic E-state index is -0.180. The predicted octanol–water partition coefficient (Wildman–Crippen LogP) is 1.94. The number of carbonyl (C=O) groups is 1. The minimum Gasteiger partial charge on any atom is -0.337 e. The predicted molar refractivity (Wildman–Crippen MR) is 81.9 cm³/mol. The maximum Gasteiger partial charge on any atom is 0.227 e. The highest BCUT2D eigenvalue weighted by molar-refractivity contribution is 5.79. The van der Waals surface area contributed by atoms with Crippen molar-refractivity contribution < 1.29 is 4.79 Å². The summed E-state index contributed by atoms with van der Waals surface area (Å²) in [5, 5.41) is 8.78. The minimum absolute atomic E-state index is 0.0327. The molecule has 0 fully saturated rings. The standard InChI is InChI=1S/C16H24N4O/c1-13(2)9-15(10-18)16(21)20(8-4-6-17)12-14-5-3-7-19-11-14/h3,5,7,11,13,15H,4,8-10,12,18H2,1-2H3. The lowest BCUT2D eigenvalue weighted by Crippen LogP contribution is -2.39. The monoisotopic (exact) mass is 288 g/mol. The molecule has 1 aromatic rings. The fourth-order valence-electron chi connectivity index (χ4n) is 2.29. The number of pyridine rings is 1. The molecule has 1 unspecified atom stereocenters. The topological polar surface area (TPSA) is 83.0 Å². The molecular formula is C16H24N4O. The average molecular weight is 288 g/mol. The smallest absolute Gasteiger partial charge is 0.227 e. The van der Waals surface area contributed by atoms with E-state index in [1.165, 1.54) is 0 Å². The summed E-state index contributed by atoms with van der Waals surface area (Å²) in [5.74, 6) is 0.268. The Bertz CT molecular complexity index is 467. The maximum atomic E-state index is 12.6. The Morgan fingerprint density at radius 3 is 2.81 bits per heavy atom. The molecule has 1 heterocycles. The second-order valence-corrected chi connectivity index (χ2v) is 5.59. The Morgan fingerprint density at radius 2 is 2.29 bits per heavy atom. The summed E-state index contributed by atoms with van der Waals surface area (Å²) in [4.78, 5) is 18.4. The molecule has 21 heavy (non-hydrogen) atoms. The molecule has 0 aliphatic heterocycles.